The van der Waals surface area contributed by atoms with Crippen LogP contribution >= 0.6 is 39.1 Å². The number of H-pyrrole nitrogens is 1. The summed E-state index contributed by atoms with van der Waals surface area (Å²) >= 11 is 15.5. The van der Waals surface area contributed by atoms with E-state index in [1.54, 1.807) is 30.3 Å². The molecule has 2 N–H and O–H groups in total. The summed E-state index contributed by atoms with van der Waals surface area (Å²) in [6.07, 6.45) is 0. The third kappa shape index (κ3) is 5.51. The minimum atomic E-state index is -4.19. The number of halogens is 3. The number of sulfonamides is 1. The van der Waals surface area contributed by atoms with Crippen molar-refractivity contribution in [2.75, 3.05) is 10.8 Å². The summed E-state index contributed by atoms with van der Waals surface area (Å²) in [6, 6.07) is 15.6. The molecule has 0 bridgehead atoms. The van der Waals surface area contributed by atoms with Gasteiger partial charge in [0.2, 0.25) is 5.88 Å². The van der Waals surface area contributed by atoms with E-state index in [1.807, 2.05) is 6.92 Å². The first-order valence-electron chi connectivity index (χ1n) is 10.0. The number of fused-ring (bicyclic) bond motifs is 1. The predicted octanol–water partition coefficient (Wildman–Crippen LogP) is 6.76. The van der Waals surface area contributed by atoms with Gasteiger partial charge >= 0.3 is 0 Å². The maximum Gasteiger partial charge on any atom is 0.285 e. The number of nitrogens with zero attached hydrogens (tertiary/aromatic N) is 3. The number of nitrogens with one attached hydrogen (secondary N) is 1. The van der Waals surface area contributed by atoms with Gasteiger partial charge in [0, 0.05) is 19.9 Å². The van der Waals surface area contributed by atoms with Gasteiger partial charge in [-0.05, 0) is 55.5 Å². The minimum Gasteiger partial charge on any atom is -0.493 e. The van der Waals surface area contributed by atoms with Crippen molar-refractivity contribution < 1.29 is 18.3 Å². The van der Waals surface area contributed by atoms with Gasteiger partial charge in [-0.15, -0.1) is 10.2 Å². The van der Waals surface area contributed by atoms with Gasteiger partial charge < -0.3 is 10.1 Å². The van der Waals surface area contributed by atoms with E-state index >= 15 is 0 Å². The van der Waals surface area contributed by atoms with E-state index < -0.39 is 22.5 Å². The topological polar surface area (TPSA) is 115 Å². The summed E-state index contributed by atoms with van der Waals surface area (Å²) in [5, 5.41) is 18.6. The number of amides is 1. The van der Waals surface area contributed by atoms with Crippen molar-refractivity contribution in [3.63, 3.8) is 0 Å². The van der Waals surface area contributed by atoms with E-state index in [4.69, 9.17) is 23.2 Å². The number of aromatic nitrogens is 1. The first-order chi connectivity index (χ1) is 16.5. The molecule has 0 aliphatic rings. The molecule has 0 atom stereocenters. The van der Waals surface area contributed by atoms with Crippen LogP contribution in [0.5, 0.6) is 5.88 Å². The molecule has 4 rings (SSSR count). The maximum absolute atomic E-state index is 13.5. The lowest BCUT2D eigenvalue weighted by molar-refractivity contribution is -0.116. The molecule has 0 spiro atoms. The highest BCUT2D eigenvalue weighted by Crippen LogP contribution is 2.37. The van der Waals surface area contributed by atoms with Gasteiger partial charge in [-0.2, -0.15) is 0 Å². The fraction of sp³-hybridized carbons (Fsp3) is 0.0870. The molecule has 8 nitrogen and oxygen atoms in total. The zero-order valence-corrected chi connectivity index (χ0v) is 22.0. The van der Waals surface area contributed by atoms with Crippen LogP contribution in [0.15, 0.2) is 80.3 Å². The molecule has 0 aliphatic heterocycles. The Labute approximate surface area is 219 Å². The fourth-order valence-electron chi connectivity index (χ4n) is 3.33. The van der Waals surface area contributed by atoms with Gasteiger partial charge in [-0.25, -0.2) is 8.42 Å². The van der Waals surface area contributed by atoms with Crippen LogP contribution in [0.4, 0.5) is 11.4 Å². The number of hydrogen-bond donors (Lipinski definition) is 2. The summed E-state index contributed by atoms with van der Waals surface area (Å²) in [5.74, 6) is -1.15. The van der Waals surface area contributed by atoms with Crippen molar-refractivity contribution in [1.29, 1.82) is 0 Å². The average molecular weight is 596 g/mol. The Morgan fingerprint density at radius 2 is 1.71 bits per heavy atom. The Kier molecular flexibility index (Phi) is 7.18. The predicted molar refractivity (Wildman–Crippen MR) is 139 cm³/mol. The maximum atomic E-state index is 13.5. The number of aromatic hydroxyl groups is 1. The molecule has 0 radical (unpaired) electrons. The number of azo groups is 1. The Balaban J connectivity index is 1.71. The Morgan fingerprint density at radius 1 is 1.06 bits per heavy atom. The number of hydrogen-bond acceptors (Lipinski definition) is 5. The number of anilines is 1. The number of rotatable bonds is 6. The van der Waals surface area contributed by atoms with Crippen LogP contribution in [0.2, 0.25) is 10.0 Å². The van der Waals surface area contributed by atoms with E-state index in [-0.39, 0.29) is 32.2 Å². The largest absolute Gasteiger partial charge is 0.493 e. The molecule has 0 unspecified atom stereocenters. The van der Waals surface area contributed by atoms with Crippen molar-refractivity contribution in [3.8, 4) is 5.88 Å². The summed E-state index contributed by atoms with van der Waals surface area (Å²) < 4.78 is 28.5. The Hall–Kier alpha value is -2.92. The molecule has 1 aromatic heterocycles. The van der Waals surface area contributed by atoms with Gasteiger partial charge in [0.05, 0.1) is 16.1 Å². The van der Waals surface area contributed by atoms with E-state index in [1.165, 1.54) is 30.3 Å². The van der Waals surface area contributed by atoms with Crippen molar-refractivity contribution in [2.45, 2.75) is 11.8 Å². The number of carbonyl (C=O) groups excluding carboxylic acids is 1. The molecule has 35 heavy (non-hydrogen) atoms. The van der Waals surface area contributed by atoms with Crippen LogP contribution in [-0.4, -0.2) is 31.0 Å². The molecule has 1 heterocycles. The molecule has 4 aromatic rings. The standard InChI is InChI=1S/C23H17BrCl2N4O4S/c1-13-2-5-18(6-3-13)35(33,34)30(17-10-15(25)9-16(26)11-17)12-21(31)28-29-22-19-8-14(24)4-7-20(19)27-23(22)32/h2-11,27,32H,12H2,1H3. The highest BCUT2D eigenvalue weighted by molar-refractivity contribution is 9.10. The van der Waals surface area contributed by atoms with Gasteiger partial charge in [-0.3, -0.25) is 9.10 Å². The molecular formula is C23H17BrCl2N4O4S. The van der Waals surface area contributed by atoms with Crippen LogP contribution in [-0.2, 0) is 14.8 Å². The zero-order chi connectivity index (χ0) is 25.3. The second-order valence-electron chi connectivity index (χ2n) is 7.56. The molecule has 0 fully saturated rings. The van der Waals surface area contributed by atoms with Crippen molar-refractivity contribution >= 4 is 77.3 Å². The second-order valence-corrected chi connectivity index (χ2v) is 11.2. The summed E-state index contributed by atoms with van der Waals surface area (Å²) in [5.41, 5.74) is 1.60. The smallest absolute Gasteiger partial charge is 0.285 e. The third-order valence-electron chi connectivity index (χ3n) is 5.00. The summed E-state index contributed by atoms with van der Waals surface area (Å²) in [7, 11) is -4.19. The molecule has 12 heteroatoms. The number of aryl methyl sites for hydroxylation is 1. The molecule has 0 saturated carbocycles. The SMILES string of the molecule is Cc1ccc(S(=O)(=O)N(CC(=O)N=Nc2c(O)[nH]c3ccc(Br)cc23)c2cc(Cl)cc(Cl)c2)cc1. The number of aromatic amines is 1. The van der Waals surface area contributed by atoms with E-state index in [0.717, 1.165) is 14.3 Å². The van der Waals surface area contributed by atoms with Gasteiger partial charge in [0.1, 0.15) is 6.54 Å². The van der Waals surface area contributed by atoms with Crippen molar-refractivity contribution in [2.24, 2.45) is 10.2 Å². The van der Waals surface area contributed by atoms with Crippen LogP contribution in [0.3, 0.4) is 0 Å². The van der Waals surface area contributed by atoms with Crippen LogP contribution in [0.1, 0.15) is 5.56 Å². The van der Waals surface area contributed by atoms with E-state index in [9.17, 15) is 18.3 Å². The molecule has 3 aromatic carbocycles. The lowest BCUT2D eigenvalue weighted by Crippen LogP contribution is -2.35. The second kappa shape index (κ2) is 9.98. The van der Waals surface area contributed by atoms with Crippen LogP contribution in [0.25, 0.3) is 10.9 Å². The third-order valence-corrected chi connectivity index (χ3v) is 7.72. The average Bonchev–Trinajstić information content (AvgIpc) is 3.09. The Bertz CT molecular complexity index is 1550. The molecular weight excluding hydrogens is 579 g/mol. The molecule has 0 saturated heterocycles. The number of carbonyl (C=O) groups is 1. The van der Waals surface area contributed by atoms with Gasteiger partial charge in [0.25, 0.3) is 15.9 Å². The van der Waals surface area contributed by atoms with Gasteiger partial charge in [-0.1, -0.05) is 56.8 Å². The van der Waals surface area contributed by atoms with E-state index in [0.29, 0.717) is 10.9 Å². The van der Waals surface area contributed by atoms with Crippen molar-refractivity contribution in [1.82, 2.24) is 4.98 Å². The van der Waals surface area contributed by atoms with Crippen LogP contribution < -0.4 is 4.31 Å². The first kappa shape index (κ1) is 25.2. The lowest BCUT2D eigenvalue weighted by Gasteiger charge is -2.23. The number of benzene rings is 3. The Morgan fingerprint density at radius 3 is 2.37 bits per heavy atom. The summed E-state index contributed by atoms with van der Waals surface area (Å²) in [4.78, 5) is 15.5. The van der Waals surface area contributed by atoms with Gasteiger partial charge in [0.15, 0.2) is 5.69 Å². The molecule has 180 valence electrons. The summed E-state index contributed by atoms with van der Waals surface area (Å²) in [6.45, 7) is 1.15. The highest BCUT2D eigenvalue weighted by atomic mass is 79.9. The fourth-order valence-corrected chi connectivity index (χ4v) is 5.61. The zero-order valence-electron chi connectivity index (χ0n) is 18.0. The minimum absolute atomic E-state index is 0.0249. The first-order valence-corrected chi connectivity index (χ1v) is 13.0. The molecule has 1 amide bonds. The monoisotopic (exact) mass is 594 g/mol. The highest BCUT2D eigenvalue weighted by Gasteiger charge is 2.28. The van der Waals surface area contributed by atoms with E-state index in [2.05, 4.69) is 31.1 Å². The molecule has 0 aliphatic carbocycles. The normalized spacial score (nSPS) is 11.9. The van der Waals surface area contributed by atoms with Crippen molar-refractivity contribution in [3.05, 3.63) is 80.7 Å². The lowest BCUT2D eigenvalue weighted by atomic mass is 10.2. The van der Waals surface area contributed by atoms with Crippen LogP contribution in [0, 0.1) is 6.92 Å². The quantitative estimate of drug-likeness (QED) is 0.240.